The lowest BCUT2D eigenvalue weighted by atomic mass is 10.2. The van der Waals surface area contributed by atoms with Crippen molar-refractivity contribution in [1.29, 1.82) is 0 Å². The molecule has 282 valence electrons. The minimum Gasteiger partial charge on any atom is -0.394 e. The molecule has 3 fully saturated rings. The molecule has 0 amide bonds. The van der Waals surface area contributed by atoms with E-state index in [1.807, 2.05) is 18.2 Å². The second-order valence-electron chi connectivity index (χ2n) is 13.4. The first-order chi connectivity index (χ1) is 24.9. The highest BCUT2D eigenvalue weighted by atomic mass is 16.3. The predicted molar refractivity (Wildman–Crippen MR) is 205 cm³/mol. The number of anilines is 3. The van der Waals surface area contributed by atoms with Gasteiger partial charge in [0.1, 0.15) is 0 Å². The number of benzene rings is 3. The first-order valence-electron chi connectivity index (χ1n) is 18.3. The fourth-order valence-corrected chi connectivity index (χ4v) is 6.55. The molecule has 3 heterocycles. The van der Waals surface area contributed by atoms with Crippen LogP contribution in [0.1, 0.15) is 0 Å². The summed E-state index contributed by atoms with van der Waals surface area (Å²) in [4.78, 5) is 13.6. The molecule has 3 atom stereocenters. The Hall–Kier alpha value is -3.30. The van der Waals surface area contributed by atoms with Gasteiger partial charge < -0.3 is 45.3 Å². The number of aliphatic hydroxyl groups is 6. The molecular weight excluding hydrogens is 648 g/mol. The highest BCUT2D eigenvalue weighted by Gasteiger charge is 2.21. The van der Waals surface area contributed by atoms with Gasteiger partial charge in [-0.3, -0.25) is 14.7 Å². The van der Waals surface area contributed by atoms with Gasteiger partial charge in [0.05, 0.1) is 38.1 Å². The molecule has 3 aliphatic heterocycles. The lowest BCUT2D eigenvalue weighted by Crippen LogP contribution is -2.49. The van der Waals surface area contributed by atoms with Crippen molar-refractivity contribution >= 4 is 17.1 Å². The number of hydrogen-bond donors (Lipinski definition) is 6. The van der Waals surface area contributed by atoms with Gasteiger partial charge >= 0.3 is 0 Å². The molecule has 3 aromatic carbocycles. The van der Waals surface area contributed by atoms with Crippen molar-refractivity contribution in [3.63, 3.8) is 0 Å². The SMILES string of the molecule is OC[C@@H](O)CN1CCN(c2ccccc2)CC1.OC[C@@H](O)CN1CCN(c2ccccc2)CC1.OC[C@@H](O)CN1CCN(c2ccccc2)CC1. The molecule has 3 saturated heterocycles. The van der Waals surface area contributed by atoms with E-state index in [-0.39, 0.29) is 19.8 Å². The monoisotopic (exact) mass is 708 g/mol. The van der Waals surface area contributed by atoms with E-state index in [0.29, 0.717) is 19.6 Å². The van der Waals surface area contributed by atoms with E-state index in [1.54, 1.807) is 0 Å². The normalized spacial score (nSPS) is 19.3. The quantitative estimate of drug-likeness (QED) is 0.156. The van der Waals surface area contributed by atoms with E-state index in [9.17, 15) is 15.3 Å². The summed E-state index contributed by atoms with van der Waals surface area (Å²) in [6, 6.07) is 31.1. The minimum atomic E-state index is -0.613. The molecule has 0 saturated carbocycles. The molecule has 3 aliphatic rings. The Morgan fingerprint density at radius 2 is 0.569 bits per heavy atom. The third kappa shape index (κ3) is 14.3. The number of rotatable bonds is 12. The van der Waals surface area contributed by atoms with Gasteiger partial charge in [0, 0.05) is 115 Å². The number of nitrogens with zero attached hydrogens (tertiary/aromatic N) is 6. The van der Waals surface area contributed by atoms with Crippen molar-refractivity contribution in [3.05, 3.63) is 91.0 Å². The van der Waals surface area contributed by atoms with E-state index >= 15 is 0 Å². The molecule has 0 radical (unpaired) electrons. The smallest absolute Gasteiger partial charge is 0.0897 e. The molecule has 0 bridgehead atoms. The number of para-hydroxylation sites is 3. The average Bonchev–Trinajstić information content (AvgIpc) is 3.20. The highest BCUT2D eigenvalue weighted by Crippen LogP contribution is 2.17. The maximum absolute atomic E-state index is 9.39. The van der Waals surface area contributed by atoms with Crippen molar-refractivity contribution in [1.82, 2.24) is 14.7 Å². The minimum absolute atomic E-state index is 0.154. The van der Waals surface area contributed by atoms with Crippen LogP contribution in [0.3, 0.4) is 0 Å². The van der Waals surface area contributed by atoms with Crippen LogP contribution < -0.4 is 14.7 Å². The summed E-state index contributed by atoms with van der Waals surface area (Å²) in [5.74, 6) is 0. The highest BCUT2D eigenvalue weighted by molar-refractivity contribution is 5.48. The molecular formula is C39H60N6O6. The van der Waals surface area contributed by atoms with Gasteiger partial charge in [-0.05, 0) is 36.4 Å². The number of aliphatic hydroxyl groups excluding tert-OH is 6. The van der Waals surface area contributed by atoms with Crippen LogP contribution in [0.5, 0.6) is 0 Å². The first kappa shape index (κ1) is 40.5. The van der Waals surface area contributed by atoms with Gasteiger partial charge in [0.15, 0.2) is 0 Å². The Morgan fingerprint density at radius 1 is 0.353 bits per heavy atom. The molecule has 0 unspecified atom stereocenters. The summed E-state index contributed by atoms with van der Waals surface area (Å²) in [5.41, 5.74) is 3.78. The zero-order valence-electron chi connectivity index (χ0n) is 30.0. The Labute approximate surface area is 304 Å². The third-order valence-electron chi connectivity index (χ3n) is 9.52. The molecule has 12 nitrogen and oxygen atoms in total. The van der Waals surface area contributed by atoms with Crippen molar-refractivity contribution in [2.75, 3.05) is 133 Å². The van der Waals surface area contributed by atoms with Crippen molar-refractivity contribution in [2.24, 2.45) is 0 Å². The van der Waals surface area contributed by atoms with Crippen LogP contribution in [0.4, 0.5) is 17.1 Å². The molecule has 12 heteroatoms. The van der Waals surface area contributed by atoms with Gasteiger partial charge in [-0.2, -0.15) is 0 Å². The molecule has 3 aromatic rings. The summed E-state index contributed by atoms with van der Waals surface area (Å²) in [5, 5.41) is 54.6. The van der Waals surface area contributed by atoms with E-state index in [1.165, 1.54) is 17.1 Å². The van der Waals surface area contributed by atoms with Crippen LogP contribution in [0.15, 0.2) is 91.0 Å². The zero-order valence-corrected chi connectivity index (χ0v) is 30.0. The Bertz CT molecular complexity index is 1130. The average molecular weight is 709 g/mol. The van der Waals surface area contributed by atoms with E-state index in [2.05, 4.69) is 102 Å². The van der Waals surface area contributed by atoms with Crippen LogP contribution in [-0.2, 0) is 0 Å². The number of β-amino-alcohol motifs (C(OH)–C–C–N with tert-alkyl or cyclic N) is 3. The number of hydrogen-bond acceptors (Lipinski definition) is 12. The molecule has 0 spiro atoms. The number of piperazine rings is 3. The topological polar surface area (TPSA) is 141 Å². The van der Waals surface area contributed by atoms with Crippen molar-refractivity contribution in [2.45, 2.75) is 18.3 Å². The molecule has 0 aliphatic carbocycles. The van der Waals surface area contributed by atoms with Crippen molar-refractivity contribution in [3.8, 4) is 0 Å². The van der Waals surface area contributed by atoms with Crippen LogP contribution in [-0.4, -0.2) is 182 Å². The van der Waals surface area contributed by atoms with Crippen LogP contribution in [0, 0.1) is 0 Å². The standard InChI is InChI=1S/3C13H20N2O2/c3*16-11-13(17)10-14-6-8-15(9-7-14)12-4-2-1-3-5-12/h3*1-5,13,16-17H,6-11H2/t3*13-/m000/s1. The van der Waals surface area contributed by atoms with E-state index in [4.69, 9.17) is 15.3 Å². The lowest BCUT2D eigenvalue weighted by Gasteiger charge is -2.36. The van der Waals surface area contributed by atoms with Gasteiger partial charge in [0.25, 0.3) is 0 Å². The summed E-state index contributed by atoms with van der Waals surface area (Å²) >= 11 is 0. The Morgan fingerprint density at radius 3 is 0.765 bits per heavy atom. The van der Waals surface area contributed by atoms with Crippen LogP contribution in [0.2, 0.25) is 0 Å². The molecule has 6 rings (SSSR count). The Balaban J connectivity index is 0.000000172. The van der Waals surface area contributed by atoms with Crippen LogP contribution in [0.25, 0.3) is 0 Å². The maximum Gasteiger partial charge on any atom is 0.0897 e. The molecule has 0 aromatic heterocycles. The zero-order chi connectivity index (χ0) is 36.3. The second-order valence-corrected chi connectivity index (χ2v) is 13.4. The fourth-order valence-electron chi connectivity index (χ4n) is 6.55. The maximum atomic E-state index is 9.39. The molecule has 6 N–H and O–H groups in total. The predicted octanol–water partition coefficient (Wildman–Crippen LogP) is 0.485. The van der Waals surface area contributed by atoms with Gasteiger partial charge in [0.2, 0.25) is 0 Å². The van der Waals surface area contributed by atoms with Gasteiger partial charge in [-0.1, -0.05) is 54.6 Å². The van der Waals surface area contributed by atoms with E-state index < -0.39 is 18.3 Å². The second kappa shape index (κ2) is 22.6. The van der Waals surface area contributed by atoms with Crippen LogP contribution >= 0.6 is 0 Å². The summed E-state index contributed by atoms with van der Waals surface area (Å²) in [7, 11) is 0. The largest absolute Gasteiger partial charge is 0.394 e. The van der Waals surface area contributed by atoms with E-state index in [0.717, 1.165) is 78.5 Å². The first-order valence-corrected chi connectivity index (χ1v) is 18.3. The fraction of sp³-hybridized carbons (Fsp3) is 0.538. The summed E-state index contributed by atoms with van der Waals surface area (Å²) in [6.45, 7) is 12.7. The third-order valence-corrected chi connectivity index (χ3v) is 9.52. The lowest BCUT2D eigenvalue weighted by molar-refractivity contribution is 0.0574. The van der Waals surface area contributed by atoms with Gasteiger partial charge in [-0.25, -0.2) is 0 Å². The summed E-state index contributed by atoms with van der Waals surface area (Å²) in [6.07, 6.45) is -1.84. The van der Waals surface area contributed by atoms with Crippen molar-refractivity contribution < 1.29 is 30.6 Å². The Kier molecular flexibility index (Phi) is 17.9. The molecule has 51 heavy (non-hydrogen) atoms. The summed E-state index contributed by atoms with van der Waals surface area (Å²) < 4.78 is 0. The van der Waals surface area contributed by atoms with Gasteiger partial charge in [-0.15, -0.1) is 0 Å².